The molecule has 1 aliphatic rings. The molecule has 8 nitrogen and oxygen atoms in total. The number of aromatic nitrogens is 4. The molecule has 3 heterocycles. The smallest absolute Gasteiger partial charge is 0.327 e. The molecule has 0 aliphatic carbocycles. The molecule has 1 saturated heterocycles. The van der Waals surface area contributed by atoms with Crippen molar-refractivity contribution in [2.75, 3.05) is 36.4 Å². The minimum absolute atomic E-state index is 0.127. The van der Waals surface area contributed by atoms with Gasteiger partial charge in [0.05, 0.1) is 6.20 Å². The quantitative estimate of drug-likeness (QED) is 0.608. The molecule has 0 atom stereocenters. The number of rotatable bonds is 6. The van der Waals surface area contributed by atoms with Gasteiger partial charge in [-0.2, -0.15) is 4.98 Å². The Morgan fingerprint density at radius 1 is 1.14 bits per heavy atom. The van der Waals surface area contributed by atoms with E-state index in [2.05, 4.69) is 56.5 Å². The second-order valence-corrected chi connectivity index (χ2v) is 7.11. The van der Waals surface area contributed by atoms with Crippen molar-refractivity contribution >= 4 is 28.5 Å². The van der Waals surface area contributed by atoms with Gasteiger partial charge >= 0.3 is 5.69 Å². The molecule has 0 spiro atoms. The number of hydrogen-bond acceptors (Lipinski definition) is 6. The molecule has 3 N–H and O–H groups in total. The number of aromatic amines is 1. The maximum atomic E-state index is 12.4. The molecular formula is C20H27N7O. The molecule has 148 valence electrons. The van der Waals surface area contributed by atoms with Gasteiger partial charge in [0, 0.05) is 43.6 Å². The molecule has 0 bridgehead atoms. The van der Waals surface area contributed by atoms with E-state index >= 15 is 0 Å². The van der Waals surface area contributed by atoms with E-state index in [0.29, 0.717) is 17.1 Å². The van der Waals surface area contributed by atoms with E-state index in [1.165, 1.54) is 5.69 Å². The molecule has 2 aromatic heterocycles. The molecule has 0 radical (unpaired) electrons. The zero-order chi connectivity index (χ0) is 19.5. The molecular weight excluding hydrogens is 354 g/mol. The summed E-state index contributed by atoms with van der Waals surface area (Å²) in [6, 6.07) is 8.43. The lowest BCUT2D eigenvalue weighted by Crippen LogP contribution is -2.43. The Labute approximate surface area is 164 Å². The normalized spacial score (nSPS) is 14.8. The highest BCUT2D eigenvalue weighted by atomic mass is 16.1. The molecule has 0 amide bonds. The van der Waals surface area contributed by atoms with E-state index in [-0.39, 0.29) is 11.7 Å². The average Bonchev–Trinajstić information content (AvgIpc) is 3.06. The maximum absolute atomic E-state index is 12.4. The summed E-state index contributed by atoms with van der Waals surface area (Å²) in [5.41, 5.74) is 3.32. The van der Waals surface area contributed by atoms with Gasteiger partial charge in [-0.3, -0.25) is 4.57 Å². The van der Waals surface area contributed by atoms with E-state index in [0.717, 1.165) is 44.7 Å². The third-order valence-electron chi connectivity index (χ3n) is 5.37. The average molecular weight is 381 g/mol. The van der Waals surface area contributed by atoms with Crippen LogP contribution >= 0.6 is 0 Å². The van der Waals surface area contributed by atoms with Gasteiger partial charge in [0.2, 0.25) is 5.95 Å². The molecule has 8 heteroatoms. The van der Waals surface area contributed by atoms with Crippen molar-refractivity contribution in [1.82, 2.24) is 24.8 Å². The van der Waals surface area contributed by atoms with Crippen LogP contribution in [-0.4, -0.2) is 45.7 Å². The van der Waals surface area contributed by atoms with E-state index in [1.807, 2.05) is 12.1 Å². The largest absolute Gasteiger partial charge is 0.369 e. The predicted molar refractivity (Wildman–Crippen MR) is 113 cm³/mol. The number of benzene rings is 1. The first kappa shape index (κ1) is 18.5. The summed E-state index contributed by atoms with van der Waals surface area (Å²) in [7, 11) is 0. The van der Waals surface area contributed by atoms with Gasteiger partial charge in [-0.05, 0) is 37.1 Å². The van der Waals surface area contributed by atoms with E-state index in [4.69, 9.17) is 0 Å². The van der Waals surface area contributed by atoms with Crippen molar-refractivity contribution in [3.8, 4) is 0 Å². The number of anilines is 3. The topological polar surface area (TPSA) is 90.9 Å². The summed E-state index contributed by atoms with van der Waals surface area (Å²) in [5.74, 6) is 0.487. The van der Waals surface area contributed by atoms with Gasteiger partial charge in [-0.15, -0.1) is 0 Å². The Kier molecular flexibility index (Phi) is 5.29. The van der Waals surface area contributed by atoms with Crippen LogP contribution in [0.3, 0.4) is 0 Å². The van der Waals surface area contributed by atoms with Crippen molar-refractivity contribution in [3.63, 3.8) is 0 Å². The van der Waals surface area contributed by atoms with Gasteiger partial charge in [-0.1, -0.05) is 13.8 Å². The van der Waals surface area contributed by atoms with Crippen LogP contribution in [0.5, 0.6) is 0 Å². The first-order valence-electron chi connectivity index (χ1n) is 9.99. The number of piperazine rings is 1. The van der Waals surface area contributed by atoms with Crippen molar-refractivity contribution in [2.45, 2.75) is 32.7 Å². The summed E-state index contributed by atoms with van der Waals surface area (Å²) in [6.07, 6.45) is 3.42. The van der Waals surface area contributed by atoms with Crippen LogP contribution in [0.25, 0.3) is 11.2 Å². The van der Waals surface area contributed by atoms with Crippen molar-refractivity contribution in [3.05, 3.63) is 40.9 Å². The van der Waals surface area contributed by atoms with Crippen LogP contribution in [-0.2, 0) is 0 Å². The van der Waals surface area contributed by atoms with Crippen LogP contribution < -0.4 is 21.2 Å². The van der Waals surface area contributed by atoms with Gasteiger partial charge in [0.1, 0.15) is 5.52 Å². The predicted octanol–water partition coefficient (Wildman–Crippen LogP) is 2.63. The Morgan fingerprint density at radius 3 is 2.54 bits per heavy atom. The highest BCUT2D eigenvalue weighted by Gasteiger charge is 2.16. The van der Waals surface area contributed by atoms with Crippen molar-refractivity contribution < 1.29 is 0 Å². The Balaban J connectivity index is 1.57. The first-order valence-corrected chi connectivity index (χ1v) is 9.99. The molecule has 28 heavy (non-hydrogen) atoms. The number of nitrogens with one attached hydrogen (secondary N) is 3. The van der Waals surface area contributed by atoms with Gasteiger partial charge in [-0.25, -0.2) is 9.78 Å². The zero-order valence-electron chi connectivity index (χ0n) is 16.4. The fourth-order valence-electron chi connectivity index (χ4n) is 3.78. The summed E-state index contributed by atoms with van der Waals surface area (Å²) in [4.78, 5) is 26.6. The zero-order valence-corrected chi connectivity index (χ0v) is 16.4. The number of H-pyrrole nitrogens is 1. The Bertz CT molecular complexity index is 982. The summed E-state index contributed by atoms with van der Waals surface area (Å²) < 4.78 is 1.75. The fraction of sp³-hybridized carbons (Fsp3) is 0.450. The minimum atomic E-state index is -0.129. The van der Waals surface area contributed by atoms with Gasteiger partial charge < -0.3 is 20.5 Å². The number of nitrogens with zero attached hydrogens (tertiary/aromatic N) is 4. The third-order valence-corrected chi connectivity index (χ3v) is 5.37. The second-order valence-electron chi connectivity index (χ2n) is 7.11. The third kappa shape index (κ3) is 3.60. The molecule has 4 rings (SSSR count). The molecule has 1 fully saturated rings. The second kappa shape index (κ2) is 8.02. The number of hydrogen-bond donors (Lipinski definition) is 3. The lowest BCUT2D eigenvalue weighted by atomic mass is 10.2. The SMILES string of the molecule is CCC(CC)n1c(=O)[nH]c2cnc(Nc3ccc(N4CCNCC4)cc3)nc21. The number of imidazole rings is 1. The van der Waals surface area contributed by atoms with Crippen LogP contribution in [0.4, 0.5) is 17.3 Å². The van der Waals surface area contributed by atoms with Crippen LogP contribution in [0.2, 0.25) is 0 Å². The summed E-state index contributed by atoms with van der Waals surface area (Å²) >= 11 is 0. The van der Waals surface area contributed by atoms with E-state index in [1.54, 1.807) is 10.8 Å². The van der Waals surface area contributed by atoms with E-state index < -0.39 is 0 Å². The lowest BCUT2D eigenvalue weighted by Gasteiger charge is -2.29. The summed E-state index contributed by atoms with van der Waals surface area (Å²) in [5, 5.41) is 6.62. The highest BCUT2D eigenvalue weighted by molar-refractivity contribution is 5.72. The van der Waals surface area contributed by atoms with Gasteiger partial charge in [0.25, 0.3) is 0 Å². The molecule has 1 aromatic carbocycles. The monoisotopic (exact) mass is 381 g/mol. The lowest BCUT2D eigenvalue weighted by molar-refractivity contribution is 0.469. The number of fused-ring (bicyclic) bond motifs is 1. The van der Waals surface area contributed by atoms with Crippen molar-refractivity contribution in [2.24, 2.45) is 0 Å². The maximum Gasteiger partial charge on any atom is 0.327 e. The highest BCUT2D eigenvalue weighted by Crippen LogP contribution is 2.22. The van der Waals surface area contributed by atoms with Crippen LogP contribution in [0.15, 0.2) is 35.3 Å². The molecule has 3 aromatic rings. The van der Waals surface area contributed by atoms with E-state index in [9.17, 15) is 4.79 Å². The molecule has 0 unspecified atom stereocenters. The molecule has 1 aliphatic heterocycles. The Hall–Kier alpha value is -2.87. The minimum Gasteiger partial charge on any atom is -0.369 e. The molecule has 0 saturated carbocycles. The van der Waals surface area contributed by atoms with Crippen LogP contribution in [0.1, 0.15) is 32.7 Å². The first-order chi connectivity index (χ1) is 13.7. The van der Waals surface area contributed by atoms with Crippen LogP contribution in [0, 0.1) is 0 Å². The van der Waals surface area contributed by atoms with Crippen molar-refractivity contribution in [1.29, 1.82) is 0 Å². The fourth-order valence-corrected chi connectivity index (χ4v) is 3.78. The standard InChI is InChI=1S/C20H27N7O/c1-3-15(4-2)27-18-17(24-20(27)28)13-22-19(25-18)23-14-5-7-16(8-6-14)26-11-9-21-10-12-26/h5-8,13,15,21H,3-4,9-12H2,1-2H3,(H,24,28)(H,22,23,25). The summed E-state index contributed by atoms with van der Waals surface area (Å²) in [6.45, 7) is 8.24. The van der Waals surface area contributed by atoms with Gasteiger partial charge in [0.15, 0.2) is 5.65 Å². The Morgan fingerprint density at radius 2 is 1.86 bits per heavy atom.